The van der Waals surface area contributed by atoms with Crippen LogP contribution in [0.3, 0.4) is 0 Å². The van der Waals surface area contributed by atoms with Crippen LogP contribution in [-0.4, -0.2) is 20.3 Å². The summed E-state index contributed by atoms with van der Waals surface area (Å²) in [4.78, 5) is 12.7. The quantitative estimate of drug-likeness (QED) is 0.673. The molecule has 138 valence electrons. The lowest BCUT2D eigenvalue weighted by Crippen LogP contribution is -2.33. The summed E-state index contributed by atoms with van der Waals surface area (Å²) in [5.41, 5.74) is 2.53. The van der Waals surface area contributed by atoms with E-state index in [1.165, 1.54) is 0 Å². The fraction of sp³-hybridized carbons (Fsp3) is 0.136. The summed E-state index contributed by atoms with van der Waals surface area (Å²) in [5.74, 6) is 1.19. The molecule has 5 heteroatoms. The molecule has 0 radical (unpaired) electrons. The average Bonchev–Trinajstić information content (AvgIpc) is 2.73. The molecule has 0 saturated carbocycles. The Kier molecular flexibility index (Phi) is 5.94. The Morgan fingerprint density at radius 2 is 1.41 bits per heavy atom. The molecule has 0 saturated heterocycles. The Morgan fingerprint density at radius 3 is 1.93 bits per heavy atom. The number of rotatable bonds is 6. The molecular formula is C22H22N2O3. The van der Waals surface area contributed by atoms with Crippen LogP contribution in [0.25, 0.3) is 0 Å². The van der Waals surface area contributed by atoms with Crippen LogP contribution in [0.4, 0.5) is 10.5 Å². The number of anilines is 1. The molecule has 0 aliphatic carbocycles. The highest BCUT2D eigenvalue weighted by atomic mass is 16.5. The molecule has 2 amide bonds. The highest BCUT2D eigenvalue weighted by Gasteiger charge is 2.17. The maximum absolute atomic E-state index is 12.7. The Morgan fingerprint density at radius 1 is 0.815 bits per heavy atom. The van der Waals surface area contributed by atoms with Gasteiger partial charge in [-0.3, -0.25) is 0 Å². The largest absolute Gasteiger partial charge is 0.497 e. The van der Waals surface area contributed by atoms with Crippen LogP contribution in [-0.2, 0) is 0 Å². The summed E-state index contributed by atoms with van der Waals surface area (Å²) >= 11 is 0. The number of methoxy groups -OCH3 is 2. The third kappa shape index (κ3) is 4.58. The molecule has 3 aromatic rings. The van der Waals surface area contributed by atoms with E-state index in [4.69, 9.17) is 9.47 Å². The van der Waals surface area contributed by atoms with Gasteiger partial charge in [-0.2, -0.15) is 0 Å². The summed E-state index contributed by atoms with van der Waals surface area (Å²) in [6.07, 6.45) is 0. The van der Waals surface area contributed by atoms with Crippen LogP contribution in [0.5, 0.6) is 11.5 Å². The monoisotopic (exact) mass is 362 g/mol. The van der Waals surface area contributed by atoms with Gasteiger partial charge in [0.15, 0.2) is 0 Å². The number of ether oxygens (including phenoxy) is 2. The minimum Gasteiger partial charge on any atom is -0.497 e. The Labute approximate surface area is 158 Å². The molecule has 0 fully saturated rings. The molecule has 0 aliphatic heterocycles. The highest BCUT2D eigenvalue weighted by molar-refractivity contribution is 5.91. The van der Waals surface area contributed by atoms with Crippen molar-refractivity contribution in [3.63, 3.8) is 0 Å². The van der Waals surface area contributed by atoms with Crippen LogP contribution < -0.4 is 20.1 Å². The SMILES string of the molecule is COc1ccc(OC)c(NC(=O)NC(c2ccccc2)c2ccccc2)c1. The molecule has 3 aromatic carbocycles. The lowest BCUT2D eigenvalue weighted by molar-refractivity contribution is 0.250. The first kappa shape index (κ1) is 18.3. The van der Waals surface area contributed by atoms with Gasteiger partial charge in [0.2, 0.25) is 0 Å². The molecule has 0 heterocycles. The first-order chi connectivity index (χ1) is 13.2. The minimum atomic E-state index is -0.334. The third-order valence-electron chi connectivity index (χ3n) is 4.20. The van der Waals surface area contributed by atoms with Gasteiger partial charge in [0.1, 0.15) is 11.5 Å². The fourth-order valence-corrected chi connectivity index (χ4v) is 2.85. The second-order valence-corrected chi connectivity index (χ2v) is 5.92. The van der Waals surface area contributed by atoms with Crippen molar-refractivity contribution in [3.05, 3.63) is 90.0 Å². The van der Waals surface area contributed by atoms with E-state index in [1.54, 1.807) is 32.4 Å². The van der Waals surface area contributed by atoms with Gasteiger partial charge in [-0.15, -0.1) is 0 Å². The number of amides is 2. The molecule has 3 rings (SSSR count). The molecule has 0 aromatic heterocycles. The molecule has 2 N–H and O–H groups in total. The zero-order valence-electron chi connectivity index (χ0n) is 15.3. The van der Waals surface area contributed by atoms with Gasteiger partial charge in [0.05, 0.1) is 25.9 Å². The predicted octanol–water partition coefficient (Wildman–Crippen LogP) is 4.61. The second kappa shape index (κ2) is 8.76. The summed E-state index contributed by atoms with van der Waals surface area (Å²) in [6.45, 7) is 0. The number of urea groups is 1. The minimum absolute atomic E-state index is 0.274. The number of benzene rings is 3. The zero-order valence-corrected chi connectivity index (χ0v) is 15.3. The average molecular weight is 362 g/mol. The van der Waals surface area contributed by atoms with Crippen molar-refractivity contribution in [2.45, 2.75) is 6.04 Å². The molecule has 27 heavy (non-hydrogen) atoms. The second-order valence-electron chi connectivity index (χ2n) is 5.92. The van der Waals surface area contributed by atoms with Crippen LogP contribution in [0.15, 0.2) is 78.9 Å². The first-order valence-corrected chi connectivity index (χ1v) is 8.60. The van der Waals surface area contributed by atoms with E-state index >= 15 is 0 Å². The smallest absolute Gasteiger partial charge is 0.320 e. The van der Waals surface area contributed by atoms with Gasteiger partial charge >= 0.3 is 6.03 Å². The van der Waals surface area contributed by atoms with Crippen molar-refractivity contribution in [2.75, 3.05) is 19.5 Å². The van der Waals surface area contributed by atoms with Crippen molar-refractivity contribution < 1.29 is 14.3 Å². The van der Waals surface area contributed by atoms with Crippen molar-refractivity contribution >= 4 is 11.7 Å². The molecular weight excluding hydrogens is 340 g/mol. The number of carbonyl (C=O) groups is 1. The molecule has 5 nitrogen and oxygen atoms in total. The Bertz CT molecular complexity index is 843. The lowest BCUT2D eigenvalue weighted by atomic mass is 9.99. The molecule has 0 unspecified atom stereocenters. The van der Waals surface area contributed by atoms with Crippen LogP contribution in [0.1, 0.15) is 17.2 Å². The predicted molar refractivity (Wildman–Crippen MR) is 106 cm³/mol. The maximum Gasteiger partial charge on any atom is 0.320 e. The fourth-order valence-electron chi connectivity index (χ4n) is 2.85. The number of nitrogens with one attached hydrogen (secondary N) is 2. The van der Waals surface area contributed by atoms with Crippen molar-refractivity contribution in [2.24, 2.45) is 0 Å². The van der Waals surface area contributed by atoms with E-state index in [1.807, 2.05) is 60.7 Å². The molecule has 0 bridgehead atoms. The topological polar surface area (TPSA) is 59.6 Å². The molecule has 0 aliphatic rings. The van der Waals surface area contributed by atoms with Crippen molar-refractivity contribution in [1.29, 1.82) is 0 Å². The van der Waals surface area contributed by atoms with E-state index in [0.29, 0.717) is 17.2 Å². The summed E-state index contributed by atoms with van der Waals surface area (Å²) in [6, 6.07) is 24.3. The third-order valence-corrected chi connectivity index (χ3v) is 4.20. The Hall–Kier alpha value is -3.47. The highest BCUT2D eigenvalue weighted by Crippen LogP contribution is 2.29. The van der Waals surface area contributed by atoms with Crippen molar-refractivity contribution in [3.8, 4) is 11.5 Å². The van der Waals surface area contributed by atoms with Gasteiger partial charge in [0, 0.05) is 6.07 Å². The van der Waals surface area contributed by atoms with Gasteiger partial charge in [-0.1, -0.05) is 60.7 Å². The Balaban J connectivity index is 1.83. The van der Waals surface area contributed by atoms with Crippen molar-refractivity contribution in [1.82, 2.24) is 5.32 Å². The van der Waals surface area contributed by atoms with Crippen LogP contribution in [0, 0.1) is 0 Å². The van der Waals surface area contributed by atoms with Gasteiger partial charge in [-0.25, -0.2) is 4.79 Å². The summed E-state index contributed by atoms with van der Waals surface area (Å²) in [5, 5.41) is 5.89. The van der Waals surface area contributed by atoms with E-state index < -0.39 is 0 Å². The number of carbonyl (C=O) groups excluding carboxylic acids is 1. The molecule has 0 spiro atoms. The lowest BCUT2D eigenvalue weighted by Gasteiger charge is -2.21. The number of hydrogen-bond acceptors (Lipinski definition) is 3. The number of hydrogen-bond donors (Lipinski definition) is 2. The van der Waals surface area contributed by atoms with E-state index in [9.17, 15) is 4.79 Å². The zero-order chi connectivity index (χ0) is 19.1. The van der Waals surface area contributed by atoms with Gasteiger partial charge in [-0.05, 0) is 23.3 Å². The normalized spacial score (nSPS) is 10.3. The van der Waals surface area contributed by atoms with Gasteiger partial charge < -0.3 is 20.1 Å². The van der Waals surface area contributed by atoms with Gasteiger partial charge in [0.25, 0.3) is 0 Å². The first-order valence-electron chi connectivity index (χ1n) is 8.60. The summed E-state index contributed by atoms with van der Waals surface area (Å²) < 4.78 is 10.6. The van der Waals surface area contributed by atoms with E-state index in [-0.39, 0.29) is 12.1 Å². The summed E-state index contributed by atoms with van der Waals surface area (Å²) in [7, 11) is 3.13. The standard InChI is InChI=1S/C22H22N2O3/c1-26-18-13-14-20(27-2)19(15-18)23-22(25)24-21(16-9-5-3-6-10-16)17-11-7-4-8-12-17/h3-15,21H,1-2H3,(H2,23,24,25). The van der Waals surface area contributed by atoms with E-state index in [0.717, 1.165) is 11.1 Å². The van der Waals surface area contributed by atoms with Crippen LogP contribution in [0.2, 0.25) is 0 Å². The van der Waals surface area contributed by atoms with E-state index in [2.05, 4.69) is 10.6 Å². The maximum atomic E-state index is 12.7. The van der Waals surface area contributed by atoms with Crippen LogP contribution >= 0.6 is 0 Å². The molecule has 0 atom stereocenters.